The average molecular weight is 411 g/mol. The van der Waals surface area contributed by atoms with Crippen molar-refractivity contribution in [1.82, 2.24) is 0 Å². The van der Waals surface area contributed by atoms with Gasteiger partial charge in [0.2, 0.25) is 0 Å². The first-order chi connectivity index (χ1) is 15.6. The van der Waals surface area contributed by atoms with E-state index in [0.717, 1.165) is 0 Å². The van der Waals surface area contributed by atoms with Crippen LogP contribution in [-0.2, 0) is 12.8 Å². The molecule has 0 aliphatic heterocycles. The molecule has 0 nitrogen and oxygen atoms in total. The van der Waals surface area contributed by atoms with Gasteiger partial charge in [-0.05, 0) is 92.5 Å². The van der Waals surface area contributed by atoms with E-state index in [0.29, 0.717) is 0 Å². The quantitative estimate of drug-likeness (QED) is 0.418. The van der Waals surface area contributed by atoms with Gasteiger partial charge in [0.15, 0.2) is 0 Å². The Labute approximate surface area is 190 Å². The van der Waals surface area contributed by atoms with Crippen molar-refractivity contribution >= 4 is 17.2 Å². The van der Waals surface area contributed by atoms with Gasteiger partial charge in [-0.25, -0.2) is 0 Å². The fourth-order valence-corrected chi connectivity index (χ4v) is 7.98. The maximum atomic E-state index is 2.55. The molecule has 0 bridgehead atoms. The second kappa shape index (κ2) is 5.44. The third-order valence-electron chi connectivity index (χ3n) is 9.63. The van der Waals surface area contributed by atoms with E-state index in [1.165, 1.54) is 48.0 Å². The lowest BCUT2D eigenvalue weighted by atomic mass is 9.43. The van der Waals surface area contributed by atoms with Crippen molar-refractivity contribution in [2.45, 2.75) is 39.5 Å². The molecule has 0 fully saturated rings. The number of hydrogen-bond acceptors (Lipinski definition) is 0. The predicted octanol–water partition coefficient (Wildman–Crippen LogP) is 7.65. The monoisotopic (exact) mass is 410 g/mol. The highest BCUT2D eigenvalue weighted by atomic mass is 14.6. The molecule has 2 atom stereocenters. The fourth-order valence-electron chi connectivity index (χ4n) is 7.98. The Bertz CT molecular complexity index is 1480. The highest BCUT2D eigenvalue weighted by Gasteiger charge is 2.59. The second-order valence-corrected chi connectivity index (χ2v) is 10.6. The lowest BCUT2D eigenvalue weighted by Crippen LogP contribution is -2.49. The van der Waals surface area contributed by atoms with Crippen LogP contribution in [0, 0.1) is 10.8 Å². The molecule has 0 radical (unpaired) electrons. The van der Waals surface area contributed by atoms with Crippen LogP contribution in [0.4, 0.5) is 0 Å². The van der Waals surface area contributed by atoms with Crippen LogP contribution in [0.1, 0.15) is 54.5 Å². The van der Waals surface area contributed by atoms with Crippen LogP contribution in [0.2, 0.25) is 0 Å². The number of rotatable bonds is 0. The van der Waals surface area contributed by atoms with Crippen molar-refractivity contribution in [2.24, 2.45) is 10.8 Å². The molecule has 0 heteroatoms. The Balaban J connectivity index is 1.52. The van der Waals surface area contributed by atoms with Gasteiger partial charge in [0.25, 0.3) is 0 Å². The van der Waals surface area contributed by atoms with Crippen molar-refractivity contribution < 1.29 is 0 Å². The molecular formula is C32H26. The third-order valence-corrected chi connectivity index (χ3v) is 9.63. The zero-order chi connectivity index (χ0) is 21.2. The molecular weight excluding hydrogens is 384 g/mol. The zero-order valence-electron chi connectivity index (χ0n) is 18.8. The van der Waals surface area contributed by atoms with Crippen molar-refractivity contribution in [2.75, 3.05) is 0 Å². The predicted molar refractivity (Wildman–Crippen MR) is 133 cm³/mol. The van der Waals surface area contributed by atoms with Crippen molar-refractivity contribution in [3.05, 3.63) is 122 Å². The summed E-state index contributed by atoms with van der Waals surface area (Å²) in [7, 11) is 0. The number of fused-ring (bicyclic) bond motifs is 3. The van der Waals surface area contributed by atoms with Gasteiger partial charge in [-0.2, -0.15) is 0 Å². The molecule has 0 saturated carbocycles. The molecule has 2 aromatic carbocycles. The van der Waals surface area contributed by atoms with Crippen LogP contribution < -0.4 is 0 Å². The third kappa shape index (κ3) is 1.70. The summed E-state index contributed by atoms with van der Waals surface area (Å²) in [5.41, 5.74) is 18.4. The molecule has 0 heterocycles. The van der Waals surface area contributed by atoms with E-state index in [4.69, 9.17) is 0 Å². The fraction of sp³-hybridized carbons (Fsp3) is 0.250. The second-order valence-electron chi connectivity index (χ2n) is 10.6. The maximum absolute atomic E-state index is 2.55. The summed E-state index contributed by atoms with van der Waals surface area (Å²) in [5, 5.41) is 0. The Morgan fingerprint density at radius 1 is 0.688 bits per heavy atom. The normalized spacial score (nSPS) is 30.1. The SMILES string of the molecule is C[C@@]12C3=Cc4ccccc4C1=CC=C1C4=C5C(=C(C=C3)[C@@]12C)CCc1cccc(c15)CC4. The van der Waals surface area contributed by atoms with E-state index in [2.05, 4.69) is 86.7 Å². The largest absolute Gasteiger partial charge is 0.0617 e. The molecule has 8 rings (SSSR count). The first-order valence-corrected chi connectivity index (χ1v) is 12.1. The number of aryl methyl sites for hydroxylation is 2. The Morgan fingerprint density at radius 3 is 2.28 bits per heavy atom. The van der Waals surface area contributed by atoms with E-state index >= 15 is 0 Å². The van der Waals surface area contributed by atoms with E-state index in [1.54, 1.807) is 44.6 Å². The van der Waals surface area contributed by atoms with Crippen molar-refractivity contribution in [3.8, 4) is 0 Å². The smallest absolute Gasteiger partial charge is 0.0315 e. The first kappa shape index (κ1) is 17.4. The molecule has 2 aromatic rings. The van der Waals surface area contributed by atoms with Crippen LogP contribution >= 0.6 is 0 Å². The van der Waals surface area contributed by atoms with Crippen molar-refractivity contribution in [1.29, 1.82) is 0 Å². The molecule has 6 aliphatic rings. The van der Waals surface area contributed by atoms with Crippen LogP contribution in [0.15, 0.2) is 94.6 Å². The number of allylic oxidation sites excluding steroid dienone is 11. The summed E-state index contributed by atoms with van der Waals surface area (Å²) < 4.78 is 0. The van der Waals surface area contributed by atoms with Gasteiger partial charge in [-0.3, -0.25) is 0 Å². The van der Waals surface area contributed by atoms with Gasteiger partial charge in [0.1, 0.15) is 0 Å². The lowest BCUT2D eigenvalue weighted by Gasteiger charge is -2.59. The van der Waals surface area contributed by atoms with Crippen LogP contribution in [-0.4, -0.2) is 0 Å². The highest BCUT2D eigenvalue weighted by molar-refractivity contribution is 5.98. The Morgan fingerprint density at radius 2 is 1.44 bits per heavy atom. The van der Waals surface area contributed by atoms with Gasteiger partial charge >= 0.3 is 0 Å². The minimum Gasteiger partial charge on any atom is -0.0617 e. The molecule has 154 valence electrons. The summed E-state index contributed by atoms with van der Waals surface area (Å²) in [5.74, 6) is 0. The molecule has 0 spiro atoms. The topological polar surface area (TPSA) is 0 Å². The van der Waals surface area contributed by atoms with Crippen LogP contribution in [0.25, 0.3) is 17.2 Å². The average Bonchev–Trinajstić information content (AvgIpc) is 2.81. The molecule has 0 unspecified atom stereocenters. The molecule has 0 amide bonds. The summed E-state index contributed by atoms with van der Waals surface area (Å²) in [4.78, 5) is 0. The number of benzene rings is 2. The van der Waals surface area contributed by atoms with Crippen LogP contribution in [0.3, 0.4) is 0 Å². The van der Waals surface area contributed by atoms with Gasteiger partial charge < -0.3 is 0 Å². The highest BCUT2D eigenvalue weighted by Crippen LogP contribution is 2.71. The van der Waals surface area contributed by atoms with Gasteiger partial charge in [0, 0.05) is 10.8 Å². The first-order valence-electron chi connectivity index (χ1n) is 12.1. The van der Waals surface area contributed by atoms with E-state index in [9.17, 15) is 0 Å². The Kier molecular flexibility index (Phi) is 2.96. The summed E-state index contributed by atoms with van der Waals surface area (Å²) in [6.45, 7) is 5.08. The summed E-state index contributed by atoms with van der Waals surface area (Å²) in [6.07, 6.45) is 17.0. The van der Waals surface area contributed by atoms with E-state index in [-0.39, 0.29) is 10.8 Å². The maximum Gasteiger partial charge on any atom is 0.0315 e. The number of hydrogen-bond donors (Lipinski definition) is 0. The standard InChI is InChI=1S/C32H26/c1-31-22-12-15-27-24-13-10-19-7-5-8-20-11-14-25(30(24)29(19)20)28(32(27,31)2)17-16-26(31)23-9-4-3-6-21(23)18-22/h3-9,12,15-18H,10-11,13-14H2,1-2H3/t31-,32+/m1/s1. The molecule has 0 saturated heterocycles. The Hall–Kier alpha value is -3.12. The minimum atomic E-state index is -0.0295. The van der Waals surface area contributed by atoms with Crippen LogP contribution in [0.5, 0.6) is 0 Å². The molecule has 32 heavy (non-hydrogen) atoms. The van der Waals surface area contributed by atoms with Gasteiger partial charge in [-0.1, -0.05) is 86.7 Å². The molecule has 0 aromatic heterocycles. The van der Waals surface area contributed by atoms with E-state index < -0.39 is 0 Å². The molecule has 0 N–H and O–H groups in total. The summed E-state index contributed by atoms with van der Waals surface area (Å²) >= 11 is 0. The minimum absolute atomic E-state index is 0.0108. The zero-order valence-corrected chi connectivity index (χ0v) is 18.8. The summed E-state index contributed by atoms with van der Waals surface area (Å²) in [6, 6.07) is 16.0. The van der Waals surface area contributed by atoms with Gasteiger partial charge in [0.05, 0.1) is 0 Å². The van der Waals surface area contributed by atoms with Crippen molar-refractivity contribution in [3.63, 3.8) is 0 Å². The molecule has 6 aliphatic carbocycles. The van der Waals surface area contributed by atoms with E-state index in [1.807, 2.05) is 0 Å². The lowest BCUT2D eigenvalue weighted by molar-refractivity contribution is 0.270. The van der Waals surface area contributed by atoms with Gasteiger partial charge in [-0.15, -0.1) is 0 Å².